The van der Waals surface area contributed by atoms with E-state index in [1.807, 2.05) is 18.2 Å². The van der Waals surface area contributed by atoms with Crippen molar-refractivity contribution >= 4 is 45.8 Å². The first-order valence-electron chi connectivity index (χ1n) is 6.92. The minimum absolute atomic E-state index is 0.0364. The van der Waals surface area contributed by atoms with Crippen molar-refractivity contribution in [3.05, 3.63) is 57.5 Å². The number of nitrogens with one attached hydrogen (secondary N) is 1. The Hall–Kier alpha value is -2.63. The molecule has 0 saturated heterocycles. The average molecular weight is 359 g/mol. The highest BCUT2D eigenvalue weighted by Crippen LogP contribution is 2.28. The number of nitriles is 1. The molecule has 0 radical (unpaired) electrons. The summed E-state index contributed by atoms with van der Waals surface area (Å²) in [6.45, 7) is 0. The average Bonchev–Trinajstić information content (AvgIpc) is 3.04. The number of amides is 1. The molecule has 24 heavy (non-hydrogen) atoms. The molecule has 0 spiro atoms. The van der Waals surface area contributed by atoms with Gasteiger partial charge in [0, 0.05) is 34.1 Å². The van der Waals surface area contributed by atoms with Crippen LogP contribution in [0.4, 0.5) is 10.7 Å². The molecule has 122 valence electrons. The number of nitro groups is 1. The Bertz CT molecular complexity index is 809. The SMILES string of the molecule is N#CCCSc1ccccc1NC(=O)/C=C/c1ccc([N+](=O)[O-])s1. The topological polar surface area (TPSA) is 96.0 Å². The molecule has 2 rings (SSSR count). The van der Waals surface area contributed by atoms with Gasteiger partial charge in [-0.2, -0.15) is 5.26 Å². The fourth-order valence-corrected chi connectivity index (χ4v) is 3.35. The fraction of sp³-hybridized carbons (Fsp3) is 0.125. The third-order valence-electron chi connectivity index (χ3n) is 2.81. The second-order valence-electron chi connectivity index (χ2n) is 4.51. The number of nitrogens with zero attached hydrogens (tertiary/aromatic N) is 2. The zero-order chi connectivity index (χ0) is 17.4. The minimum Gasteiger partial charge on any atom is -0.321 e. The Morgan fingerprint density at radius 1 is 1.38 bits per heavy atom. The summed E-state index contributed by atoms with van der Waals surface area (Å²) in [4.78, 5) is 23.7. The van der Waals surface area contributed by atoms with Crippen molar-refractivity contribution in [2.75, 3.05) is 11.1 Å². The summed E-state index contributed by atoms with van der Waals surface area (Å²) in [5.41, 5.74) is 0.673. The van der Waals surface area contributed by atoms with Crippen molar-refractivity contribution < 1.29 is 9.72 Å². The predicted molar refractivity (Wildman–Crippen MR) is 96.0 cm³/mol. The molecule has 0 aliphatic heterocycles. The van der Waals surface area contributed by atoms with Crippen molar-refractivity contribution in [1.82, 2.24) is 0 Å². The molecule has 0 fully saturated rings. The molecule has 1 amide bonds. The van der Waals surface area contributed by atoms with E-state index in [-0.39, 0.29) is 10.9 Å². The number of carbonyl (C=O) groups is 1. The highest BCUT2D eigenvalue weighted by atomic mass is 32.2. The first-order chi connectivity index (χ1) is 11.6. The van der Waals surface area contributed by atoms with Crippen LogP contribution in [0, 0.1) is 21.4 Å². The van der Waals surface area contributed by atoms with Gasteiger partial charge in [-0.15, -0.1) is 11.8 Å². The zero-order valence-corrected chi connectivity index (χ0v) is 14.1. The second-order valence-corrected chi connectivity index (χ2v) is 6.74. The van der Waals surface area contributed by atoms with Crippen molar-refractivity contribution in [2.24, 2.45) is 0 Å². The lowest BCUT2D eigenvalue weighted by atomic mass is 10.3. The maximum Gasteiger partial charge on any atom is 0.324 e. The molecule has 0 aliphatic rings. The van der Waals surface area contributed by atoms with Gasteiger partial charge in [0.25, 0.3) is 0 Å². The molecule has 2 aromatic rings. The summed E-state index contributed by atoms with van der Waals surface area (Å²) in [6.07, 6.45) is 3.31. The van der Waals surface area contributed by atoms with Crippen molar-refractivity contribution in [1.29, 1.82) is 5.26 Å². The van der Waals surface area contributed by atoms with Crippen molar-refractivity contribution in [3.8, 4) is 6.07 Å². The van der Waals surface area contributed by atoms with E-state index in [0.29, 0.717) is 22.7 Å². The Labute approximate surface area is 147 Å². The lowest BCUT2D eigenvalue weighted by molar-refractivity contribution is -0.380. The van der Waals surface area contributed by atoms with Crippen molar-refractivity contribution in [2.45, 2.75) is 11.3 Å². The summed E-state index contributed by atoms with van der Waals surface area (Å²) in [6, 6.07) is 12.4. The molecule has 1 N–H and O–H groups in total. The maximum atomic E-state index is 12.0. The number of hydrogen-bond acceptors (Lipinski definition) is 6. The Balaban J connectivity index is 2.00. The molecule has 0 aliphatic carbocycles. The third kappa shape index (κ3) is 5.22. The van der Waals surface area contributed by atoms with E-state index in [1.54, 1.807) is 18.2 Å². The number of benzene rings is 1. The van der Waals surface area contributed by atoms with E-state index >= 15 is 0 Å². The van der Waals surface area contributed by atoms with Gasteiger partial charge in [-0.1, -0.05) is 23.5 Å². The molecule has 0 bridgehead atoms. The number of rotatable bonds is 7. The summed E-state index contributed by atoms with van der Waals surface area (Å²) in [5.74, 6) is 0.331. The Morgan fingerprint density at radius 2 is 2.17 bits per heavy atom. The van der Waals surface area contributed by atoms with Crippen LogP contribution in [-0.2, 0) is 4.79 Å². The van der Waals surface area contributed by atoms with Crippen LogP contribution in [0.5, 0.6) is 0 Å². The van der Waals surface area contributed by atoms with Crippen LogP contribution in [0.2, 0.25) is 0 Å². The third-order valence-corrected chi connectivity index (χ3v) is 4.89. The second kappa shape index (κ2) is 8.86. The maximum absolute atomic E-state index is 12.0. The van der Waals surface area contributed by atoms with Gasteiger partial charge < -0.3 is 5.32 Å². The molecule has 1 aromatic heterocycles. The van der Waals surface area contributed by atoms with Gasteiger partial charge in [0.1, 0.15) is 0 Å². The van der Waals surface area contributed by atoms with E-state index < -0.39 is 4.92 Å². The number of para-hydroxylation sites is 1. The van der Waals surface area contributed by atoms with Gasteiger partial charge in [0.2, 0.25) is 5.91 Å². The van der Waals surface area contributed by atoms with E-state index in [4.69, 9.17) is 5.26 Å². The van der Waals surface area contributed by atoms with Crippen LogP contribution in [0.1, 0.15) is 11.3 Å². The van der Waals surface area contributed by atoms with E-state index in [9.17, 15) is 14.9 Å². The summed E-state index contributed by atoms with van der Waals surface area (Å²) in [5, 5.41) is 22.0. The molecule has 0 atom stereocenters. The molecule has 1 aromatic carbocycles. The first-order valence-corrected chi connectivity index (χ1v) is 8.72. The molecule has 0 saturated carbocycles. The number of thiophene rings is 1. The molecule has 8 heteroatoms. The lowest BCUT2D eigenvalue weighted by Gasteiger charge is -2.08. The van der Waals surface area contributed by atoms with Crippen LogP contribution >= 0.6 is 23.1 Å². The summed E-state index contributed by atoms with van der Waals surface area (Å²) < 4.78 is 0. The molecular weight excluding hydrogens is 346 g/mol. The standard InChI is InChI=1S/C16H13N3O3S2/c17-10-3-11-23-14-5-2-1-4-13(14)18-15(20)8-6-12-7-9-16(24-12)19(21)22/h1-2,4-9H,3,11H2,(H,18,20)/b8-6+. The molecular formula is C16H13N3O3S2. The monoisotopic (exact) mass is 359 g/mol. The van der Waals surface area contributed by atoms with Gasteiger partial charge in [-0.3, -0.25) is 14.9 Å². The molecule has 1 heterocycles. The van der Waals surface area contributed by atoms with E-state index in [2.05, 4.69) is 11.4 Å². The van der Waals surface area contributed by atoms with Gasteiger partial charge in [-0.25, -0.2) is 0 Å². The Morgan fingerprint density at radius 3 is 2.88 bits per heavy atom. The van der Waals surface area contributed by atoms with Crippen LogP contribution in [0.15, 0.2) is 47.4 Å². The van der Waals surface area contributed by atoms with E-state index in [0.717, 1.165) is 16.2 Å². The van der Waals surface area contributed by atoms with Gasteiger partial charge in [0.05, 0.1) is 16.7 Å². The van der Waals surface area contributed by atoms with Gasteiger partial charge in [0.15, 0.2) is 0 Å². The number of thioether (sulfide) groups is 1. The molecule has 0 unspecified atom stereocenters. The predicted octanol–water partition coefficient (Wildman–Crippen LogP) is 4.31. The lowest BCUT2D eigenvalue weighted by Crippen LogP contribution is -2.08. The minimum atomic E-state index is -0.462. The summed E-state index contributed by atoms with van der Waals surface area (Å²) in [7, 11) is 0. The van der Waals surface area contributed by atoms with Crippen LogP contribution < -0.4 is 5.32 Å². The van der Waals surface area contributed by atoms with Crippen LogP contribution in [-0.4, -0.2) is 16.6 Å². The number of carbonyl (C=O) groups excluding carboxylic acids is 1. The fourth-order valence-electron chi connectivity index (χ4n) is 1.76. The van der Waals surface area contributed by atoms with Crippen LogP contribution in [0.3, 0.4) is 0 Å². The normalized spacial score (nSPS) is 10.5. The van der Waals surface area contributed by atoms with Crippen molar-refractivity contribution in [3.63, 3.8) is 0 Å². The quantitative estimate of drug-likeness (QED) is 0.261. The van der Waals surface area contributed by atoms with Gasteiger partial charge >= 0.3 is 5.00 Å². The largest absolute Gasteiger partial charge is 0.324 e. The van der Waals surface area contributed by atoms with Crippen LogP contribution in [0.25, 0.3) is 6.08 Å². The number of anilines is 1. The smallest absolute Gasteiger partial charge is 0.321 e. The zero-order valence-electron chi connectivity index (χ0n) is 12.5. The van der Waals surface area contributed by atoms with E-state index in [1.165, 1.54) is 23.9 Å². The summed E-state index contributed by atoms with van der Waals surface area (Å²) >= 11 is 2.51. The first kappa shape index (κ1) is 17.7. The highest BCUT2D eigenvalue weighted by molar-refractivity contribution is 7.99. The van der Waals surface area contributed by atoms with Gasteiger partial charge in [-0.05, 0) is 24.3 Å². The number of hydrogen-bond donors (Lipinski definition) is 1. The Kier molecular flexibility index (Phi) is 6.54. The molecule has 6 nitrogen and oxygen atoms in total. The highest BCUT2D eigenvalue weighted by Gasteiger charge is 2.08.